The Balaban J connectivity index is 1.91. The van der Waals surface area contributed by atoms with Gasteiger partial charge in [0.2, 0.25) is 0 Å². The van der Waals surface area contributed by atoms with Crippen molar-refractivity contribution in [1.29, 1.82) is 0 Å². The van der Waals surface area contributed by atoms with Crippen molar-refractivity contribution in [3.05, 3.63) is 36.7 Å². The van der Waals surface area contributed by atoms with Gasteiger partial charge in [0, 0.05) is 36.3 Å². The van der Waals surface area contributed by atoms with Crippen molar-refractivity contribution in [2.24, 2.45) is 5.73 Å². The topological polar surface area (TPSA) is 78.0 Å². The van der Waals surface area contributed by atoms with Crippen molar-refractivity contribution in [2.45, 2.75) is 42.7 Å². The molecule has 1 aliphatic rings. The van der Waals surface area contributed by atoms with Gasteiger partial charge in [0.15, 0.2) is 9.84 Å². The fourth-order valence-electron chi connectivity index (χ4n) is 3.14. The van der Waals surface area contributed by atoms with Gasteiger partial charge in [0.25, 0.3) is 0 Å². The minimum Gasteiger partial charge on any atom is -0.328 e. The second-order valence-corrected chi connectivity index (χ2v) is 8.05. The SMILES string of the molecule is CS(=O)(=O)c1ccc(-c2nccn2[C@@H]2CCC[C@@H](N)C2)cc1. The Morgan fingerprint density at radius 1 is 1.23 bits per heavy atom. The van der Waals surface area contributed by atoms with E-state index in [9.17, 15) is 8.42 Å². The van der Waals surface area contributed by atoms with Gasteiger partial charge in [0.1, 0.15) is 5.82 Å². The molecule has 0 radical (unpaired) electrons. The summed E-state index contributed by atoms with van der Waals surface area (Å²) in [6, 6.07) is 7.53. The summed E-state index contributed by atoms with van der Waals surface area (Å²) in [5.74, 6) is 0.874. The van der Waals surface area contributed by atoms with E-state index in [0.29, 0.717) is 10.9 Å². The van der Waals surface area contributed by atoms with Crippen LogP contribution in [0.1, 0.15) is 31.7 Å². The number of hydrogen-bond donors (Lipinski definition) is 1. The molecule has 0 amide bonds. The van der Waals surface area contributed by atoms with Crippen molar-refractivity contribution in [3.63, 3.8) is 0 Å². The number of sulfone groups is 1. The molecule has 0 saturated heterocycles. The fourth-order valence-corrected chi connectivity index (χ4v) is 3.77. The van der Waals surface area contributed by atoms with Crippen LogP contribution >= 0.6 is 0 Å². The lowest BCUT2D eigenvalue weighted by Crippen LogP contribution is -2.29. The predicted octanol–water partition coefficient (Wildman–Crippen LogP) is 2.40. The molecule has 0 aliphatic heterocycles. The Labute approximate surface area is 131 Å². The number of aromatic nitrogens is 2. The molecule has 118 valence electrons. The van der Waals surface area contributed by atoms with E-state index in [-0.39, 0.29) is 6.04 Å². The first-order chi connectivity index (χ1) is 10.4. The maximum Gasteiger partial charge on any atom is 0.175 e. The quantitative estimate of drug-likeness (QED) is 0.942. The number of imidazole rings is 1. The monoisotopic (exact) mass is 319 g/mol. The molecular formula is C16H21N3O2S. The first kappa shape index (κ1) is 15.2. The standard InChI is InChI=1S/C16H21N3O2S/c1-22(20,21)15-7-5-12(6-8-15)16-18-9-10-19(16)14-4-2-3-13(17)11-14/h5-10,13-14H,2-4,11,17H2,1H3/t13-,14-/m1/s1. The summed E-state index contributed by atoms with van der Waals surface area (Å²) >= 11 is 0. The van der Waals surface area contributed by atoms with Crippen LogP contribution in [0.4, 0.5) is 0 Å². The third-order valence-corrected chi connectivity index (χ3v) is 5.42. The van der Waals surface area contributed by atoms with Crippen molar-refractivity contribution < 1.29 is 8.42 Å². The summed E-state index contributed by atoms with van der Waals surface area (Å²) < 4.78 is 25.3. The Bertz CT molecular complexity index is 750. The molecule has 2 aromatic rings. The van der Waals surface area contributed by atoms with E-state index < -0.39 is 9.84 Å². The lowest BCUT2D eigenvalue weighted by atomic mass is 9.91. The number of rotatable bonds is 3. The maximum absolute atomic E-state index is 11.5. The third kappa shape index (κ3) is 3.08. The van der Waals surface area contributed by atoms with E-state index in [4.69, 9.17) is 5.73 Å². The molecule has 0 bridgehead atoms. The van der Waals surface area contributed by atoms with Crippen LogP contribution in [0.15, 0.2) is 41.6 Å². The average molecular weight is 319 g/mol. The Kier molecular flexibility index (Phi) is 4.06. The van der Waals surface area contributed by atoms with Crippen LogP contribution in [0.2, 0.25) is 0 Å². The first-order valence-corrected chi connectivity index (χ1v) is 9.43. The zero-order valence-corrected chi connectivity index (χ0v) is 13.5. The highest BCUT2D eigenvalue weighted by Gasteiger charge is 2.22. The summed E-state index contributed by atoms with van der Waals surface area (Å²) in [7, 11) is -3.17. The lowest BCUT2D eigenvalue weighted by molar-refractivity contribution is 0.322. The van der Waals surface area contributed by atoms with Crippen molar-refractivity contribution in [1.82, 2.24) is 9.55 Å². The van der Waals surface area contributed by atoms with Crippen LogP contribution in [0.3, 0.4) is 0 Å². The Morgan fingerprint density at radius 2 is 1.95 bits per heavy atom. The molecule has 1 saturated carbocycles. The van der Waals surface area contributed by atoms with E-state index in [1.54, 1.807) is 18.3 Å². The molecule has 1 aromatic heterocycles. The van der Waals surface area contributed by atoms with E-state index in [1.807, 2.05) is 18.3 Å². The Morgan fingerprint density at radius 3 is 2.59 bits per heavy atom. The molecule has 2 N–H and O–H groups in total. The molecule has 1 aromatic carbocycles. The molecule has 0 spiro atoms. The Hall–Kier alpha value is -1.66. The van der Waals surface area contributed by atoms with Gasteiger partial charge in [0.05, 0.1) is 4.90 Å². The summed E-state index contributed by atoms with van der Waals surface area (Å²) in [6.07, 6.45) is 9.29. The van der Waals surface area contributed by atoms with Crippen molar-refractivity contribution in [3.8, 4) is 11.4 Å². The average Bonchev–Trinajstić information content (AvgIpc) is 2.96. The van der Waals surface area contributed by atoms with Gasteiger partial charge in [-0.25, -0.2) is 13.4 Å². The number of nitrogens with two attached hydrogens (primary N) is 1. The van der Waals surface area contributed by atoms with Gasteiger partial charge in [-0.3, -0.25) is 0 Å². The van der Waals surface area contributed by atoms with Crippen LogP contribution in [0, 0.1) is 0 Å². The number of hydrogen-bond acceptors (Lipinski definition) is 4. The van der Waals surface area contributed by atoms with Gasteiger partial charge < -0.3 is 10.3 Å². The van der Waals surface area contributed by atoms with E-state index in [0.717, 1.165) is 37.1 Å². The number of benzene rings is 1. The van der Waals surface area contributed by atoms with E-state index in [1.165, 1.54) is 6.26 Å². The maximum atomic E-state index is 11.5. The molecule has 6 heteroatoms. The minimum atomic E-state index is -3.17. The smallest absolute Gasteiger partial charge is 0.175 e. The number of nitrogens with zero attached hydrogens (tertiary/aromatic N) is 2. The van der Waals surface area contributed by atoms with Gasteiger partial charge in [-0.1, -0.05) is 0 Å². The van der Waals surface area contributed by atoms with Crippen LogP contribution < -0.4 is 5.73 Å². The summed E-state index contributed by atoms with van der Waals surface area (Å²) in [5, 5.41) is 0. The van der Waals surface area contributed by atoms with Crippen molar-refractivity contribution >= 4 is 9.84 Å². The van der Waals surface area contributed by atoms with Crippen LogP contribution in [-0.4, -0.2) is 30.3 Å². The van der Waals surface area contributed by atoms with Gasteiger partial charge in [-0.2, -0.15) is 0 Å². The van der Waals surface area contributed by atoms with Crippen LogP contribution in [-0.2, 0) is 9.84 Å². The lowest BCUT2D eigenvalue weighted by Gasteiger charge is -2.28. The molecule has 22 heavy (non-hydrogen) atoms. The first-order valence-electron chi connectivity index (χ1n) is 7.54. The molecule has 1 heterocycles. The zero-order chi connectivity index (χ0) is 15.7. The molecule has 5 nitrogen and oxygen atoms in total. The highest BCUT2D eigenvalue weighted by molar-refractivity contribution is 7.90. The largest absolute Gasteiger partial charge is 0.328 e. The normalized spacial score (nSPS) is 22.6. The fraction of sp³-hybridized carbons (Fsp3) is 0.438. The summed E-state index contributed by atoms with van der Waals surface area (Å²) in [6.45, 7) is 0. The molecule has 3 rings (SSSR count). The van der Waals surface area contributed by atoms with E-state index >= 15 is 0 Å². The van der Waals surface area contributed by atoms with Crippen LogP contribution in [0.25, 0.3) is 11.4 Å². The highest BCUT2D eigenvalue weighted by atomic mass is 32.2. The zero-order valence-electron chi connectivity index (χ0n) is 12.6. The van der Waals surface area contributed by atoms with Crippen molar-refractivity contribution in [2.75, 3.05) is 6.26 Å². The minimum absolute atomic E-state index is 0.251. The second-order valence-electron chi connectivity index (χ2n) is 6.04. The highest BCUT2D eigenvalue weighted by Crippen LogP contribution is 2.31. The van der Waals surface area contributed by atoms with E-state index in [2.05, 4.69) is 9.55 Å². The molecule has 1 fully saturated rings. The second kappa shape index (κ2) is 5.85. The predicted molar refractivity (Wildman–Crippen MR) is 86.3 cm³/mol. The summed E-state index contributed by atoms with van der Waals surface area (Å²) in [4.78, 5) is 4.78. The molecule has 0 unspecified atom stereocenters. The van der Waals surface area contributed by atoms with Gasteiger partial charge in [-0.15, -0.1) is 0 Å². The van der Waals surface area contributed by atoms with Gasteiger partial charge in [-0.05, 0) is 49.9 Å². The molecular weight excluding hydrogens is 298 g/mol. The summed E-state index contributed by atoms with van der Waals surface area (Å²) in [5.41, 5.74) is 7.01. The molecule has 2 atom stereocenters. The molecule has 1 aliphatic carbocycles. The third-order valence-electron chi connectivity index (χ3n) is 4.29. The van der Waals surface area contributed by atoms with Gasteiger partial charge >= 0.3 is 0 Å². The van der Waals surface area contributed by atoms with Crippen LogP contribution in [0.5, 0.6) is 0 Å².